The molecule has 0 aliphatic carbocycles. The molecular weight excluding hydrogens is 104 g/mol. The van der Waals surface area contributed by atoms with Crippen molar-refractivity contribution in [1.82, 2.24) is 0 Å². The third-order valence-corrected chi connectivity index (χ3v) is 0.949. The van der Waals surface area contributed by atoms with E-state index in [9.17, 15) is 0 Å². The van der Waals surface area contributed by atoms with Crippen LogP contribution in [0.1, 0.15) is 20.3 Å². The molecule has 0 aromatic heterocycles. The summed E-state index contributed by atoms with van der Waals surface area (Å²) in [5.41, 5.74) is 0. The van der Waals surface area contributed by atoms with Crippen LogP contribution in [0.3, 0.4) is 0 Å². The van der Waals surface area contributed by atoms with Crippen LogP contribution in [0, 0.1) is 0 Å². The van der Waals surface area contributed by atoms with Gasteiger partial charge in [0.25, 0.3) is 0 Å². The molecule has 0 N–H and O–H groups in total. The molecule has 0 aromatic carbocycles. The zero-order chi connectivity index (χ0) is 6.41. The van der Waals surface area contributed by atoms with Gasteiger partial charge in [-0.05, 0) is 13.3 Å². The Morgan fingerprint density at radius 1 is 1.38 bits per heavy atom. The number of hydrogen-bond donors (Lipinski definition) is 0. The molecule has 0 unspecified atom stereocenters. The average Bonchev–Trinajstić information content (AvgIpc) is 1.83. The van der Waals surface area contributed by atoms with Crippen LogP contribution in [0.15, 0.2) is 0 Å². The fourth-order valence-corrected chi connectivity index (χ4v) is 0.538. The summed E-state index contributed by atoms with van der Waals surface area (Å²) in [6.45, 7) is 4.72. The SMILES string of the molecule is CCO[C@@H](CC)OC. The van der Waals surface area contributed by atoms with Crippen LogP contribution >= 0.6 is 0 Å². The van der Waals surface area contributed by atoms with Gasteiger partial charge in [-0.1, -0.05) is 6.92 Å². The summed E-state index contributed by atoms with van der Waals surface area (Å²) in [4.78, 5) is 0. The summed E-state index contributed by atoms with van der Waals surface area (Å²) in [6, 6.07) is 0. The number of methoxy groups -OCH3 is 1. The lowest BCUT2D eigenvalue weighted by molar-refractivity contribution is -0.120. The standard InChI is InChI=1S/C6H14O2/c1-4-6(7-3)8-5-2/h6H,4-5H2,1-3H3/t6-/m0/s1. The second-order valence-electron chi connectivity index (χ2n) is 1.53. The third-order valence-electron chi connectivity index (χ3n) is 0.949. The predicted octanol–water partition coefficient (Wildman–Crippen LogP) is 1.41. The van der Waals surface area contributed by atoms with Gasteiger partial charge < -0.3 is 9.47 Å². The summed E-state index contributed by atoms with van der Waals surface area (Å²) in [7, 11) is 1.66. The normalized spacial score (nSPS) is 13.9. The first kappa shape index (κ1) is 7.92. The molecule has 1 atom stereocenters. The molecule has 0 aromatic rings. The smallest absolute Gasteiger partial charge is 0.156 e. The zero-order valence-electron chi connectivity index (χ0n) is 5.81. The van der Waals surface area contributed by atoms with Crippen LogP contribution in [0.2, 0.25) is 0 Å². The Kier molecular flexibility index (Phi) is 5.01. The molecule has 0 heterocycles. The second kappa shape index (κ2) is 5.06. The fourth-order valence-electron chi connectivity index (χ4n) is 0.538. The van der Waals surface area contributed by atoms with Crippen LogP contribution in [0.5, 0.6) is 0 Å². The molecule has 0 saturated heterocycles. The summed E-state index contributed by atoms with van der Waals surface area (Å²) in [5.74, 6) is 0. The van der Waals surface area contributed by atoms with Crippen LogP contribution < -0.4 is 0 Å². The van der Waals surface area contributed by atoms with E-state index < -0.39 is 0 Å². The van der Waals surface area contributed by atoms with Crippen molar-refractivity contribution in [3.63, 3.8) is 0 Å². The van der Waals surface area contributed by atoms with Gasteiger partial charge >= 0.3 is 0 Å². The van der Waals surface area contributed by atoms with Gasteiger partial charge in [-0.2, -0.15) is 0 Å². The molecule has 2 heteroatoms. The van der Waals surface area contributed by atoms with E-state index in [0.29, 0.717) is 0 Å². The first-order chi connectivity index (χ1) is 3.85. The minimum Gasteiger partial charge on any atom is -0.356 e. The Labute approximate surface area is 50.8 Å². The number of hydrogen-bond acceptors (Lipinski definition) is 2. The van der Waals surface area contributed by atoms with Crippen LogP contribution in [-0.4, -0.2) is 20.0 Å². The fraction of sp³-hybridized carbons (Fsp3) is 1.00. The summed E-state index contributed by atoms with van der Waals surface area (Å²) < 4.78 is 10.0. The van der Waals surface area contributed by atoms with E-state index in [2.05, 4.69) is 0 Å². The van der Waals surface area contributed by atoms with E-state index >= 15 is 0 Å². The van der Waals surface area contributed by atoms with Crippen molar-refractivity contribution in [3.05, 3.63) is 0 Å². The quantitative estimate of drug-likeness (QED) is 0.519. The van der Waals surface area contributed by atoms with E-state index in [1.54, 1.807) is 7.11 Å². The monoisotopic (exact) mass is 118 g/mol. The number of rotatable bonds is 4. The first-order valence-corrected chi connectivity index (χ1v) is 2.99. The van der Waals surface area contributed by atoms with Crippen molar-refractivity contribution >= 4 is 0 Å². The Balaban J connectivity index is 3.07. The molecule has 50 valence electrons. The third kappa shape index (κ3) is 2.99. The van der Waals surface area contributed by atoms with Gasteiger partial charge in [0.1, 0.15) is 0 Å². The van der Waals surface area contributed by atoms with E-state index in [0.717, 1.165) is 13.0 Å². The maximum absolute atomic E-state index is 5.12. The zero-order valence-corrected chi connectivity index (χ0v) is 5.81. The molecule has 0 saturated carbocycles. The molecule has 0 rings (SSSR count). The van der Waals surface area contributed by atoms with Crippen molar-refractivity contribution < 1.29 is 9.47 Å². The summed E-state index contributed by atoms with van der Waals surface area (Å²) in [6.07, 6.45) is 0.921. The highest BCUT2D eigenvalue weighted by Crippen LogP contribution is 1.96. The van der Waals surface area contributed by atoms with Crippen molar-refractivity contribution in [2.75, 3.05) is 13.7 Å². The van der Waals surface area contributed by atoms with E-state index in [4.69, 9.17) is 9.47 Å². The average molecular weight is 118 g/mol. The van der Waals surface area contributed by atoms with Crippen molar-refractivity contribution in [3.8, 4) is 0 Å². The Hall–Kier alpha value is -0.0800. The predicted molar refractivity (Wildman–Crippen MR) is 32.7 cm³/mol. The molecule has 0 aliphatic heterocycles. The van der Waals surface area contributed by atoms with Crippen molar-refractivity contribution in [2.45, 2.75) is 26.6 Å². The molecule has 0 aliphatic rings. The Bertz CT molecular complexity index is 41.8. The van der Waals surface area contributed by atoms with E-state index in [-0.39, 0.29) is 6.29 Å². The Morgan fingerprint density at radius 3 is 2.12 bits per heavy atom. The molecule has 0 fully saturated rings. The molecule has 2 nitrogen and oxygen atoms in total. The molecule has 0 amide bonds. The lowest BCUT2D eigenvalue weighted by atomic mass is 10.5. The lowest BCUT2D eigenvalue weighted by Gasteiger charge is -2.11. The van der Waals surface area contributed by atoms with Gasteiger partial charge in [-0.15, -0.1) is 0 Å². The highest BCUT2D eigenvalue weighted by Gasteiger charge is 1.99. The number of ether oxygens (including phenoxy) is 2. The van der Waals surface area contributed by atoms with Crippen molar-refractivity contribution in [2.24, 2.45) is 0 Å². The van der Waals surface area contributed by atoms with Gasteiger partial charge in [-0.25, -0.2) is 0 Å². The van der Waals surface area contributed by atoms with Crippen molar-refractivity contribution in [1.29, 1.82) is 0 Å². The van der Waals surface area contributed by atoms with Gasteiger partial charge in [0.15, 0.2) is 6.29 Å². The van der Waals surface area contributed by atoms with Crippen LogP contribution in [0.25, 0.3) is 0 Å². The van der Waals surface area contributed by atoms with Gasteiger partial charge in [0, 0.05) is 13.7 Å². The second-order valence-corrected chi connectivity index (χ2v) is 1.53. The van der Waals surface area contributed by atoms with Gasteiger partial charge in [0.05, 0.1) is 0 Å². The molecule has 0 spiro atoms. The topological polar surface area (TPSA) is 18.5 Å². The molecule has 0 bridgehead atoms. The lowest BCUT2D eigenvalue weighted by Crippen LogP contribution is -2.12. The molecule has 8 heavy (non-hydrogen) atoms. The van der Waals surface area contributed by atoms with E-state index in [1.807, 2.05) is 13.8 Å². The van der Waals surface area contributed by atoms with Crippen LogP contribution in [0.4, 0.5) is 0 Å². The van der Waals surface area contributed by atoms with Crippen LogP contribution in [-0.2, 0) is 9.47 Å². The maximum atomic E-state index is 5.12. The summed E-state index contributed by atoms with van der Waals surface area (Å²) in [5, 5.41) is 0. The maximum Gasteiger partial charge on any atom is 0.156 e. The minimum atomic E-state index is -0.000000000000000444. The summed E-state index contributed by atoms with van der Waals surface area (Å²) >= 11 is 0. The highest BCUT2D eigenvalue weighted by atomic mass is 16.7. The highest BCUT2D eigenvalue weighted by molar-refractivity contribution is 4.34. The molecule has 0 radical (unpaired) electrons. The molecular formula is C6H14O2. The van der Waals surface area contributed by atoms with E-state index in [1.165, 1.54) is 0 Å². The first-order valence-electron chi connectivity index (χ1n) is 2.99. The largest absolute Gasteiger partial charge is 0.356 e. The Morgan fingerprint density at radius 2 is 2.00 bits per heavy atom. The minimum absolute atomic E-state index is 0.000000000000000444. The van der Waals surface area contributed by atoms with Gasteiger partial charge in [-0.3, -0.25) is 0 Å². The van der Waals surface area contributed by atoms with Gasteiger partial charge in [0.2, 0.25) is 0 Å².